The van der Waals surface area contributed by atoms with E-state index in [1.807, 2.05) is 12.1 Å². The van der Waals surface area contributed by atoms with Crippen molar-refractivity contribution in [3.63, 3.8) is 0 Å². The van der Waals surface area contributed by atoms with Crippen molar-refractivity contribution in [2.24, 2.45) is 0 Å². The molecule has 1 N–H and O–H groups in total. The van der Waals surface area contributed by atoms with E-state index in [-0.39, 0.29) is 6.42 Å². The maximum absolute atomic E-state index is 11.5. The lowest BCUT2D eigenvalue weighted by Crippen LogP contribution is -2.18. The molecule has 0 aliphatic heterocycles. The second-order valence-corrected chi connectivity index (χ2v) is 6.37. The lowest BCUT2D eigenvalue weighted by atomic mass is 10.1. The van der Waals surface area contributed by atoms with Gasteiger partial charge in [0.15, 0.2) is 17.4 Å². The normalized spacial score (nSPS) is 13.6. The average molecular weight is 306 g/mol. The van der Waals surface area contributed by atoms with Crippen LogP contribution in [0.1, 0.15) is 17.4 Å². The van der Waals surface area contributed by atoms with Crippen molar-refractivity contribution in [1.82, 2.24) is 9.55 Å². The van der Waals surface area contributed by atoms with Crippen LogP contribution in [0.3, 0.4) is 0 Å². The van der Waals surface area contributed by atoms with E-state index in [1.54, 1.807) is 30.6 Å². The Bertz CT molecular complexity index is 837. The molecule has 110 valence electrons. The van der Waals surface area contributed by atoms with Crippen LogP contribution in [-0.2, 0) is 16.5 Å². The highest BCUT2D eigenvalue weighted by Crippen LogP contribution is 2.22. The summed E-state index contributed by atoms with van der Waals surface area (Å²) in [7, 11) is -4.16. The molecule has 2 heterocycles. The number of hydrogen-bond acceptors (Lipinski definition) is 4. The Balaban J connectivity index is 1.80. The average Bonchev–Trinajstić information content (AvgIpc) is 3.07. The highest BCUT2D eigenvalue weighted by Gasteiger charge is 2.23. The van der Waals surface area contributed by atoms with Crippen molar-refractivity contribution in [2.45, 2.75) is 18.2 Å². The highest BCUT2D eigenvalue weighted by molar-refractivity contribution is 7.85. The molecule has 6 nitrogen and oxygen atoms in total. The predicted molar refractivity (Wildman–Crippen MR) is 77.3 cm³/mol. The quantitative estimate of drug-likeness (QED) is 0.732. The molecule has 0 aliphatic carbocycles. The van der Waals surface area contributed by atoms with E-state index in [4.69, 9.17) is 4.42 Å². The second kappa shape index (κ2) is 5.34. The molecule has 1 atom stereocenters. The third-order valence-corrected chi connectivity index (χ3v) is 4.55. The summed E-state index contributed by atoms with van der Waals surface area (Å²) in [5.74, 6) is 0. The SMILES string of the molecule is O=S(=O)(O)C(CCc1ccc2ocnc2c1)n1cccc1. The molecule has 0 bridgehead atoms. The van der Waals surface area contributed by atoms with Crippen LogP contribution in [0.25, 0.3) is 11.1 Å². The van der Waals surface area contributed by atoms with Crippen molar-refractivity contribution >= 4 is 21.2 Å². The molecule has 0 fully saturated rings. The van der Waals surface area contributed by atoms with E-state index in [9.17, 15) is 13.0 Å². The van der Waals surface area contributed by atoms with Crippen LogP contribution in [0.5, 0.6) is 0 Å². The summed E-state index contributed by atoms with van der Waals surface area (Å²) >= 11 is 0. The number of oxazole rings is 1. The number of fused-ring (bicyclic) bond motifs is 1. The molecule has 0 radical (unpaired) electrons. The van der Waals surface area contributed by atoms with Gasteiger partial charge in [-0.25, -0.2) is 4.98 Å². The minimum Gasteiger partial charge on any atom is -0.443 e. The number of rotatable bonds is 5. The smallest absolute Gasteiger partial charge is 0.286 e. The minimum absolute atomic E-state index is 0.275. The zero-order valence-corrected chi connectivity index (χ0v) is 11.9. The van der Waals surface area contributed by atoms with Gasteiger partial charge in [-0.1, -0.05) is 6.07 Å². The molecule has 1 unspecified atom stereocenters. The van der Waals surface area contributed by atoms with E-state index in [0.29, 0.717) is 12.0 Å². The zero-order valence-electron chi connectivity index (χ0n) is 11.1. The van der Waals surface area contributed by atoms with Crippen LogP contribution < -0.4 is 0 Å². The topological polar surface area (TPSA) is 85.3 Å². The lowest BCUT2D eigenvalue weighted by Gasteiger charge is -2.15. The molecule has 0 amide bonds. The molecule has 0 saturated carbocycles. The number of nitrogens with zero attached hydrogens (tertiary/aromatic N) is 2. The summed E-state index contributed by atoms with van der Waals surface area (Å²) in [4.78, 5) is 4.07. The summed E-state index contributed by atoms with van der Waals surface area (Å²) in [6.07, 6.45) is 5.40. The first-order valence-corrected chi connectivity index (χ1v) is 7.95. The molecule has 2 aromatic heterocycles. The number of benzene rings is 1. The first kappa shape index (κ1) is 13.8. The fourth-order valence-electron chi connectivity index (χ4n) is 2.34. The van der Waals surface area contributed by atoms with Crippen LogP contribution in [0.4, 0.5) is 0 Å². The van der Waals surface area contributed by atoms with Gasteiger partial charge in [-0.15, -0.1) is 0 Å². The molecule has 21 heavy (non-hydrogen) atoms. The maximum Gasteiger partial charge on any atom is 0.286 e. The van der Waals surface area contributed by atoms with Gasteiger partial charge < -0.3 is 8.98 Å². The Kier molecular flexibility index (Phi) is 3.52. The molecule has 0 saturated heterocycles. The van der Waals surface area contributed by atoms with Gasteiger partial charge in [0.25, 0.3) is 10.1 Å². The Hall–Kier alpha value is -2.12. The standard InChI is InChI=1S/C14H14N2O4S/c17-21(18,19)14(16-7-1-2-8-16)6-4-11-3-5-13-12(9-11)15-10-20-13/h1-3,5,7-10,14H,4,6H2,(H,17,18,19). The van der Waals surface area contributed by atoms with E-state index in [1.165, 1.54) is 11.0 Å². The van der Waals surface area contributed by atoms with Crippen LogP contribution in [0, 0.1) is 0 Å². The first-order valence-electron chi connectivity index (χ1n) is 6.45. The Labute approximate surface area is 121 Å². The van der Waals surface area contributed by atoms with Gasteiger partial charge in [-0.05, 0) is 42.7 Å². The minimum atomic E-state index is -4.16. The Morgan fingerprint density at radius 2 is 2.05 bits per heavy atom. The summed E-state index contributed by atoms with van der Waals surface area (Å²) in [6.45, 7) is 0. The summed E-state index contributed by atoms with van der Waals surface area (Å²) in [5, 5.41) is -0.986. The summed E-state index contributed by atoms with van der Waals surface area (Å²) in [6, 6.07) is 8.97. The zero-order chi connectivity index (χ0) is 14.9. The highest BCUT2D eigenvalue weighted by atomic mass is 32.2. The molecule has 3 aromatic rings. The van der Waals surface area contributed by atoms with Gasteiger partial charge in [-0.2, -0.15) is 8.42 Å². The maximum atomic E-state index is 11.5. The van der Waals surface area contributed by atoms with Crippen molar-refractivity contribution in [3.05, 3.63) is 54.7 Å². The van der Waals surface area contributed by atoms with E-state index >= 15 is 0 Å². The van der Waals surface area contributed by atoms with Crippen LogP contribution >= 0.6 is 0 Å². The van der Waals surface area contributed by atoms with Gasteiger partial charge in [-0.3, -0.25) is 4.55 Å². The lowest BCUT2D eigenvalue weighted by molar-refractivity contribution is 0.436. The van der Waals surface area contributed by atoms with Crippen LogP contribution in [0.2, 0.25) is 0 Å². The predicted octanol–water partition coefficient (Wildman–Crippen LogP) is 2.65. The van der Waals surface area contributed by atoms with E-state index in [0.717, 1.165) is 11.1 Å². The molecule has 1 aromatic carbocycles. The van der Waals surface area contributed by atoms with Gasteiger partial charge in [0, 0.05) is 12.4 Å². The molecule has 7 heteroatoms. The molecule has 3 rings (SSSR count). The number of aryl methyl sites for hydroxylation is 1. The molecular weight excluding hydrogens is 292 g/mol. The first-order chi connectivity index (χ1) is 10.0. The van der Waals surface area contributed by atoms with E-state index in [2.05, 4.69) is 4.98 Å². The molecule has 0 spiro atoms. The van der Waals surface area contributed by atoms with Gasteiger partial charge >= 0.3 is 0 Å². The van der Waals surface area contributed by atoms with Crippen LogP contribution in [0.15, 0.2) is 53.5 Å². The molecular formula is C14H14N2O4S. The number of aromatic nitrogens is 2. The van der Waals surface area contributed by atoms with Crippen molar-refractivity contribution in [1.29, 1.82) is 0 Å². The third-order valence-electron chi connectivity index (χ3n) is 3.38. The van der Waals surface area contributed by atoms with E-state index < -0.39 is 15.5 Å². The monoisotopic (exact) mass is 306 g/mol. The summed E-state index contributed by atoms with van der Waals surface area (Å²) < 4.78 is 39.1. The van der Waals surface area contributed by atoms with Gasteiger partial charge in [0.1, 0.15) is 5.52 Å². The van der Waals surface area contributed by atoms with Crippen molar-refractivity contribution < 1.29 is 17.4 Å². The fourth-order valence-corrected chi connectivity index (χ4v) is 3.20. The molecule has 0 aliphatic rings. The van der Waals surface area contributed by atoms with Crippen molar-refractivity contribution in [3.8, 4) is 0 Å². The number of hydrogen-bond donors (Lipinski definition) is 1. The van der Waals surface area contributed by atoms with Crippen molar-refractivity contribution in [2.75, 3.05) is 0 Å². The Morgan fingerprint density at radius 3 is 2.76 bits per heavy atom. The largest absolute Gasteiger partial charge is 0.443 e. The van der Waals surface area contributed by atoms with Gasteiger partial charge in [0.05, 0.1) is 0 Å². The van der Waals surface area contributed by atoms with Gasteiger partial charge in [0.2, 0.25) is 0 Å². The fraction of sp³-hybridized carbons (Fsp3) is 0.214. The Morgan fingerprint density at radius 1 is 1.29 bits per heavy atom. The third kappa shape index (κ3) is 2.98. The summed E-state index contributed by atoms with van der Waals surface area (Å²) in [5.41, 5.74) is 2.37. The second-order valence-electron chi connectivity index (χ2n) is 4.79. The van der Waals surface area contributed by atoms with Crippen LogP contribution in [-0.4, -0.2) is 22.5 Å².